The summed E-state index contributed by atoms with van der Waals surface area (Å²) in [6.45, 7) is 10.2. The molecule has 2 radical (unpaired) electrons. The molecule has 0 aliphatic heterocycles. The van der Waals surface area contributed by atoms with Crippen molar-refractivity contribution in [2.45, 2.75) is 122 Å². The average molecular weight is 309 g/mol. The van der Waals surface area contributed by atoms with Crippen molar-refractivity contribution >= 4 is 0 Å². The highest BCUT2D eigenvalue weighted by molar-refractivity contribution is 4.59. The van der Waals surface area contributed by atoms with Gasteiger partial charge in [0.2, 0.25) is 0 Å². The van der Waals surface area contributed by atoms with Gasteiger partial charge in [0.05, 0.1) is 0 Å². The molecular formula is C22H44. The molecule has 0 heterocycles. The molecule has 0 spiro atoms. The number of hydrogen-bond acceptors (Lipinski definition) is 0. The highest BCUT2D eigenvalue weighted by Gasteiger charge is 2.02. The van der Waals surface area contributed by atoms with Gasteiger partial charge in [0.25, 0.3) is 0 Å². The van der Waals surface area contributed by atoms with Crippen molar-refractivity contribution < 1.29 is 0 Å². The van der Waals surface area contributed by atoms with Gasteiger partial charge in [-0.25, -0.2) is 0 Å². The Kier molecular flexibility index (Phi) is 19.0. The third-order valence-corrected chi connectivity index (χ3v) is 5.10. The van der Waals surface area contributed by atoms with E-state index in [0.29, 0.717) is 0 Å². The standard InChI is InChI=1S/C22H44/c1-4-7-8-9-10-11-12-13-14-15-16-17-18-19-20-21-22(5-2)6-3/h22H,1-2,4-21H2,3H3. The van der Waals surface area contributed by atoms with E-state index in [1.165, 1.54) is 103 Å². The van der Waals surface area contributed by atoms with Gasteiger partial charge in [-0.2, -0.15) is 0 Å². The molecule has 0 nitrogen and oxygen atoms in total. The van der Waals surface area contributed by atoms with Gasteiger partial charge in [-0.15, -0.1) is 0 Å². The molecule has 1 atom stereocenters. The fourth-order valence-corrected chi connectivity index (χ4v) is 3.28. The summed E-state index contributed by atoms with van der Waals surface area (Å²) in [5.41, 5.74) is 0. The first-order valence-corrected chi connectivity index (χ1v) is 10.4. The lowest BCUT2D eigenvalue weighted by Gasteiger charge is -2.11. The Bertz CT molecular complexity index is 180. The second-order valence-corrected chi connectivity index (χ2v) is 7.15. The van der Waals surface area contributed by atoms with Crippen LogP contribution < -0.4 is 0 Å². The predicted molar refractivity (Wildman–Crippen MR) is 103 cm³/mol. The van der Waals surface area contributed by atoms with Crippen LogP contribution in [0.2, 0.25) is 0 Å². The van der Waals surface area contributed by atoms with Crippen LogP contribution >= 0.6 is 0 Å². The molecule has 0 heteroatoms. The second-order valence-electron chi connectivity index (χ2n) is 7.15. The number of rotatable bonds is 18. The fourth-order valence-electron chi connectivity index (χ4n) is 3.28. The average Bonchev–Trinajstić information content (AvgIpc) is 2.55. The van der Waals surface area contributed by atoms with Crippen molar-refractivity contribution in [3.8, 4) is 0 Å². The second kappa shape index (κ2) is 19.0. The first kappa shape index (κ1) is 22.0. The maximum atomic E-state index is 4.04. The zero-order valence-electron chi connectivity index (χ0n) is 15.7. The smallest absolute Gasteiger partial charge is 0.0417 e. The lowest BCUT2D eigenvalue weighted by molar-refractivity contribution is 0.440. The number of hydrogen-bond donors (Lipinski definition) is 0. The summed E-state index contributed by atoms with van der Waals surface area (Å²) in [4.78, 5) is 0. The molecule has 1 unspecified atom stereocenters. The minimum atomic E-state index is 0.888. The van der Waals surface area contributed by atoms with Crippen LogP contribution in [0, 0.1) is 19.8 Å². The van der Waals surface area contributed by atoms with E-state index in [-0.39, 0.29) is 0 Å². The van der Waals surface area contributed by atoms with E-state index in [2.05, 4.69) is 20.8 Å². The highest BCUT2D eigenvalue weighted by atomic mass is 14.1. The maximum Gasteiger partial charge on any atom is -0.0417 e. The third kappa shape index (κ3) is 16.4. The molecule has 0 N–H and O–H groups in total. The van der Waals surface area contributed by atoms with Crippen LogP contribution in [0.1, 0.15) is 122 Å². The van der Waals surface area contributed by atoms with E-state index < -0.39 is 0 Å². The zero-order valence-corrected chi connectivity index (χ0v) is 15.7. The summed E-state index contributed by atoms with van der Waals surface area (Å²) in [5, 5.41) is 0. The summed E-state index contributed by atoms with van der Waals surface area (Å²) in [6.07, 6.45) is 25.2. The predicted octanol–water partition coefficient (Wildman–Crippen LogP) is 8.31. The van der Waals surface area contributed by atoms with Gasteiger partial charge < -0.3 is 0 Å². The molecule has 0 rings (SSSR count). The van der Waals surface area contributed by atoms with Crippen LogP contribution in [0.15, 0.2) is 0 Å². The maximum absolute atomic E-state index is 4.04. The van der Waals surface area contributed by atoms with Gasteiger partial charge in [-0.3, -0.25) is 0 Å². The van der Waals surface area contributed by atoms with E-state index >= 15 is 0 Å². The Morgan fingerprint density at radius 2 is 0.909 bits per heavy atom. The molecule has 132 valence electrons. The molecular weight excluding hydrogens is 264 g/mol. The molecule has 0 aliphatic rings. The summed E-state index contributed by atoms with van der Waals surface area (Å²) < 4.78 is 0. The fraction of sp³-hybridized carbons (Fsp3) is 0.909. The van der Waals surface area contributed by atoms with Crippen LogP contribution in [0.3, 0.4) is 0 Å². The monoisotopic (exact) mass is 308 g/mol. The molecule has 0 aromatic rings. The Morgan fingerprint density at radius 1 is 0.545 bits per heavy atom. The van der Waals surface area contributed by atoms with E-state index in [0.717, 1.165) is 18.8 Å². The van der Waals surface area contributed by atoms with E-state index in [1.54, 1.807) is 0 Å². The summed E-state index contributed by atoms with van der Waals surface area (Å²) >= 11 is 0. The number of unbranched alkanes of at least 4 members (excludes halogenated alkanes) is 14. The molecule has 0 saturated heterocycles. The highest BCUT2D eigenvalue weighted by Crippen LogP contribution is 2.18. The Labute approximate surface area is 142 Å². The van der Waals surface area contributed by atoms with Gasteiger partial charge in [-0.1, -0.05) is 136 Å². The van der Waals surface area contributed by atoms with Crippen molar-refractivity contribution in [2.24, 2.45) is 5.92 Å². The molecule has 0 amide bonds. The van der Waals surface area contributed by atoms with Crippen molar-refractivity contribution in [3.63, 3.8) is 0 Å². The molecule has 0 fully saturated rings. The van der Waals surface area contributed by atoms with Gasteiger partial charge in [0, 0.05) is 0 Å². The van der Waals surface area contributed by atoms with Gasteiger partial charge in [0.15, 0.2) is 0 Å². The van der Waals surface area contributed by atoms with Crippen LogP contribution in [0.5, 0.6) is 0 Å². The van der Waals surface area contributed by atoms with Crippen molar-refractivity contribution in [1.29, 1.82) is 0 Å². The topological polar surface area (TPSA) is 0 Å². The molecule has 0 bridgehead atoms. The zero-order chi connectivity index (χ0) is 16.3. The molecule has 22 heavy (non-hydrogen) atoms. The molecule has 0 aromatic carbocycles. The van der Waals surface area contributed by atoms with E-state index in [1.807, 2.05) is 0 Å². The van der Waals surface area contributed by atoms with Crippen molar-refractivity contribution in [1.82, 2.24) is 0 Å². The first-order chi connectivity index (χ1) is 10.8. The Morgan fingerprint density at radius 3 is 1.23 bits per heavy atom. The van der Waals surface area contributed by atoms with E-state index in [9.17, 15) is 0 Å². The molecule has 0 saturated carbocycles. The Balaban J connectivity index is 3.02. The van der Waals surface area contributed by atoms with Gasteiger partial charge in [0.1, 0.15) is 0 Å². The summed E-state index contributed by atoms with van der Waals surface area (Å²) in [6, 6.07) is 0. The summed E-state index contributed by atoms with van der Waals surface area (Å²) in [7, 11) is 0. The minimum Gasteiger partial charge on any atom is -0.0651 e. The molecule has 0 aromatic heterocycles. The van der Waals surface area contributed by atoms with Crippen LogP contribution in [-0.2, 0) is 0 Å². The van der Waals surface area contributed by atoms with Gasteiger partial charge in [-0.05, 0) is 5.92 Å². The lowest BCUT2D eigenvalue weighted by Crippen LogP contribution is -1.96. The van der Waals surface area contributed by atoms with Crippen molar-refractivity contribution in [3.05, 3.63) is 13.8 Å². The van der Waals surface area contributed by atoms with Crippen LogP contribution in [-0.4, -0.2) is 0 Å². The van der Waals surface area contributed by atoms with Gasteiger partial charge >= 0.3 is 0 Å². The normalized spacial score (nSPS) is 11.5. The summed E-state index contributed by atoms with van der Waals surface area (Å²) in [5.74, 6) is 0.888. The third-order valence-electron chi connectivity index (χ3n) is 5.10. The first-order valence-electron chi connectivity index (χ1n) is 10.4. The minimum absolute atomic E-state index is 0.888. The largest absolute Gasteiger partial charge is 0.0651 e. The quantitative estimate of drug-likeness (QED) is 0.223. The molecule has 0 aliphatic carbocycles. The van der Waals surface area contributed by atoms with Crippen molar-refractivity contribution in [2.75, 3.05) is 0 Å². The van der Waals surface area contributed by atoms with Crippen LogP contribution in [0.25, 0.3) is 0 Å². The lowest BCUT2D eigenvalue weighted by atomic mass is 9.95. The van der Waals surface area contributed by atoms with E-state index in [4.69, 9.17) is 0 Å². The SMILES string of the molecule is [CH2]CCCCCCCCCCCCCCCCC(C[CH2])CC. The van der Waals surface area contributed by atoms with Crippen LogP contribution in [0.4, 0.5) is 0 Å². The Hall–Kier alpha value is 0.